The van der Waals surface area contributed by atoms with E-state index in [-0.39, 0.29) is 11.4 Å². The molecule has 0 bridgehead atoms. The van der Waals surface area contributed by atoms with Crippen LogP contribution in [0.1, 0.15) is 30.1 Å². The van der Waals surface area contributed by atoms with Crippen molar-refractivity contribution in [2.45, 2.75) is 19.8 Å². The van der Waals surface area contributed by atoms with Crippen LogP contribution in [0, 0.1) is 0 Å². The highest BCUT2D eigenvalue weighted by Crippen LogP contribution is 2.19. The molecule has 5 nitrogen and oxygen atoms in total. The minimum Gasteiger partial charge on any atom is -0.477 e. The van der Waals surface area contributed by atoms with Gasteiger partial charge in [0.1, 0.15) is 12.2 Å². The summed E-state index contributed by atoms with van der Waals surface area (Å²) in [6.07, 6.45) is 3.59. The van der Waals surface area contributed by atoms with Gasteiger partial charge in [0.25, 0.3) is 0 Å². The summed E-state index contributed by atoms with van der Waals surface area (Å²) in [5.41, 5.74) is 0.0398. The third kappa shape index (κ3) is 5.01. The number of pyridine rings is 1. The Bertz CT molecular complexity index is 398. The van der Waals surface area contributed by atoms with Gasteiger partial charge in [0.15, 0.2) is 0 Å². The summed E-state index contributed by atoms with van der Waals surface area (Å²) in [5.74, 6) is -0.949. The summed E-state index contributed by atoms with van der Waals surface area (Å²) < 4.78 is 11.2. The third-order valence-electron chi connectivity index (χ3n) is 2.16. The van der Waals surface area contributed by atoms with Crippen molar-refractivity contribution < 1.29 is 19.4 Å². The Morgan fingerprint density at radius 3 is 2.89 bits per heavy atom. The minimum absolute atomic E-state index is 0.0398. The topological polar surface area (TPSA) is 68.7 Å². The first-order valence-electron chi connectivity index (χ1n) is 5.74. The molecule has 18 heavy (non-hydrogen) atoms. The van der Waals surface area contributed by atoms with Crippen LogP contribution in [-0.4, -0.2) is 35.9 Å². The van der Waals surface area contributed by atoms with Gasteiger partial charge in [-0.2, -0.15) is 0 Å². The molecule has 0 unspecified atom stereocenters. The van der Waals surface area contributed by atoms with Gasteiger partial charge in [0.2, 0.25) is 5.88 Å². The lowest BCUT2D eigenvalue weighted by Crippen LogP contribution is -2.11. The number of hydrogen-bond acceptors (Lipinski definition) is 4. The second-order valence-corrected chi connectivity index (χ2v) is 4.54. The first-order valence-corrected chi connectivity index (χ1v) is 6.53. The Labute approximate surface area is 114 Å². The molecule has 1 rings (SSSR count). The molecule has 0 saturated carbocycles. The van der Waals surface area contributed by atoms with E-state index in [4.69, 9.17) is 14.6 Å². The molecule has 0 aromatic carbocycles. The lowest BCUT2D eigenvalue weighted by atomic mass is 10.3. The first kappa shape index (κ1) is 14.9. The first-order chi connectivity index (χ1) is 8.65. The van der Waals surface area contributed by atoms with Gasteiger partial charge in [-0.25, -0.2) is 9.78 Å². The molecular weight excluding hydrogens is 302 g/mol. The zero-order valence-electron chi connectivity index (χ0n) is 10.2. The summed E-state index contributed by atoms with van der Waals surface area (Å²) >= 11 is 3.17. The highest BCUT2D eigenvalue weighted by molar-refractivity contribution is 9.10. The second kappa shape index (κ2) is 8.05. The van der Waals surface area contributed by atoms with Crippen LogP contribution in [0.25, 0.3) is 0 Å². The number of ether oxygens (including phenoxy) is 2. The van der Waals surface area contributed by atoms with Crippen molar-refractivity contribution in [2.75, 3.05) is 19.8 Å². The molecule has 0 atom stereocenters. The summed E-state index contributed by atoms with van der Waals surface area (Å²) in [4.78, 5) is 14.9. The van der Waals surface area contributed by atoms with Gasteiger partial charge < -0.3 is 14.6 Å². The number of aromatic carboxylic acids is 1. The second-order valence-electron chi connectivity index (χ2n) is 3.63. The van der Waals surface area contributed by atoms with E-state index in [1.807, 2.05) is 0 Å². The molecule has 0 saturated heterocycles. The molecule has 0 amide bonds. The Balaban J connectivity index is 2.44. The summed E-state index contributed by atoms with van der Waals surface area (Å²) in [6, 6.07) is 1.46. The van der Waals surface area contributed by atoms with Crippen molar-refractivity contribution in [1.29, 1.82) is 0 Å². The molecule has 0 aliphatic heterocycles. The number of aromatic nitrogens is 1. The van der Waals surface area contributed by atoms with Crippen LogP contribution < -0.4 is 4.74 Å². The van der Waals surface area contributed by atoms with Crippen molar-refractivity contribution in [3.63, 3.8) is 0 Å². The van der Waals surface area contributed by atoms with E-state index in [9.17, 15) is 4.79 Å². The summed E-state index contributed by atoms with van der Waals surface area (Å²) in [6.45, 7) is 3.50. The van der Waals surface area contributed by atoms with Crippen LogP contribution in [0.4, 0.5) is 0 Å². The van der Waals surface area contributed by atoms with E-state index in [1.165, 1.54) is 12.3 Å². The third-order valence-corrected chi connectivity index (χ3v) is 2.59. The maximum Gasteiger partial charge on any atom is 0.341 e. The van der Waals surface area contributed by atoms with Crippen LogP contribution in [-0.2, 0) is 4.74 Å². The number of halogens is 1. The Morgan fingerprint density at radius 1 is 1.44 bits per heavy atom. The maximum absolute atomic E-state index is 11.0. The van der Waals surface area contributed by atoms with E-state index in [2.05, 4.69) is 27.8 Å². The molecule has 1 N–H and O–H groups in total. The quantitative estimate of drug-likeness (QED) is 0.747. The fraction of sp³-hybridized carbons (Fsp3) is 0.500. The highest BCUT2D eigenvalue weighted by Gasteiger charge is 2.13. The number of carboxylic acid groups (broad SMARTS) is 1. The van der Waals surface area contributed by atoms with E-state index in [0.717, 1.165) is 12.8 Å². The summed E-state index contributed by atoms with van der Waals surface area (Å²) in [7, 11) is 0. The molecule has 1 aromatic rings. The molecule has 1 aromatic heterocycles. The number of hydrogen-bond donors (Lipinski definition) is 1. The molecule has 6 heteroatoms. The normalized spacial score (nSPS) is 10.3. The molecule has 100 valence electrons. The highest BCUT2D eigenvalue weighted by atomic mass is 79.9. The van der Waals surface area contributed by atoms with Gasteiger partial charge in [0, 0.05) is 17.3 Å². The van der Waals surface area contributed by atoms with Gasteiger partial charge in [-0.3, -0.25) is 0 Å². The van der Waals surface area contributed by atoms with Crippen molar-refractivity contribution >= 4 is 21.9 Å². The number of nitrogens with zero attached hydrogens (tertiary/aromatic N) is 1. The standard InChI is InChI=1S/C12H16BrNO4/c1-2-3-4-17-5-6-18-11-10(12(15)16)7-9(13)8-14-11/h7-8H,2-6H2,1H3,(H,15,16). The van der Waals surface area contributed by atoms with E-state index in [0.29, 0.717) is 24.3 Å². The predicted octanol–water partition coefficient (Wildman–Crippen LogP) is 2.74. The average molecular weight is 318 g/mol. The number of rotatable bonds is 8. The predicted molar refractivity (Wildman–Crippen MR) is 70.1 cm³/mol. The molecule has 0 fully saturated rings. The van der Waals surface area contributed by atoms with E-state index in [1.54, 1.807) is 0 Å². The molecular formula is C12H16BrNO4. The monoisotopic (exact) mass is 317 g/mol. The summed E-state index contributed by atoms with van der Waals surface area (Å²) in [5, 5.41) is 8.99. The minimum atomic E-state index is -1.06. The van der Waals surface area contributed by atoms with Crippen molar-refractivity contribution in [2.24, 2.45) is 0 Å². The largest absolute Gasteiger partial charge is 0.477 e. The fourth-order valence-corrected chi connectivity index (χ4v) is 1.57. The average Bonchev–Trinajstić information content (AvgIpc) is 2.35. The number of carbonyl (C=O) groups is 1. The SMILES string of the molecule is CCCCOCCOc1ncc(Br)cc1C(=O)O. The lowest BCUT2D eigenvalue weighted by Gasteiger charge is -2.08. The van der Waals surface area contributed by atoms with E-state index >= 15 is 0 Å². The zero-order valence-corrected chi connectivity index (χ0v) is 11.8. The van der Waals surface area contributed by atoms with Crippen LogP contribution in [0.5, 0.6) is 5.88 Å². The van der Waals surface area contributed by atoms with Gasteiger partial charge in [-0.05, 0) is 28.4 Å². The molecule has 0 spiro atoms. The van der Waals surface area contributed by atoms with Gasteiger partial charge in [-0.1, -0.05) is 13.3 Å². The Kier molecular flexibility index (Phi) is 6.67. The number of unbranched alkanes of at least 4 members (excludes halogenated alkanes) is 1. The zero-order chi connectivity index (χ0) is 13.4. The van der Waals surface area contributed by atoms with Crippen LogP contribution in [0.15, 0.2) is 16.7 Å². The van der Waals surface area contributed by atoms with Crippen LogP contribution in [0.2, 0.25) is 0 Å². The smallest absolute Gasteiger partial charge is 0.341 e. The van der Waals surface area contributed by atoms with Crippen molar-refractivity contribution in [3.05, 3.63) is 22.3 Å². The van der Waals surface area contributed by atoms with Gasteiger partial charge in [-0.15, -0.1) is 0 Å². The lowest BCUT2D eigenvalue weighted by molar-refractivity contribution is 0.0682. The Hall–Kier alpha value is -1.14. The Morgan fingerprint density at radius 2 is 2.22 bits per heavy atom. The molecule has 0 radical (unpaired) electrons. The molecule has 0 aliphatic carbocycles. The van der Waals surface area contributed by atoms with Crippen molar-refractivity contribution in [3.8, 4) is 5.88 Å². The molecule has 0 aliphatic rings. The van der Waals surface area contributed by atoms with Crippen molar-refractivity contribution in [1.82, 2.24) is 4.98 Å². The van der Waals surface area contributed by atoms with Crippen LogP contribution in [0.3, 0.4) is 0 Å². The van der Waals surface area contributed by atoms with Gasteiger partial charge in [0.05, 0.1) is 6.61 Å². The van der Waals surface area contributed by atoms with E-state index < -0.39 is 5.97 Å². The van der Waals surface area contributed by atoms with Gasteiger partial charge >= 0.3 is 5.97 Å². The van der Waals surface area contributed by atoms with Crippen LogP contribution >= 0.6 is 15.9 Å². The molecule has 1 heterocycles. The number of carboxylic acids is 1. The fourth-order valence-electron chi connectivity index (χ4n) is 1.24. The maximum atomic E-state index is 11.0.